The van der Waals surface area contributed by atoms with Gasteiger partial charge in [-0.3, -0.25) is 4.79 Å². The molecule has 1 aliphatic heterocycles. The highest BCUT2D eigenvalue weighted by Gasteiger charge is 2.28. The van der Waals surface area contributed by atoms with E-state index in [-0.39, 0.29) is 29.0 Å². The summed E-state index contributed by atoms with van der Waals surface area (Å²) in [6, 6.07) is 6.71. The van der Waals surface area contributed by atoms with Crippen molar-refractivity contribution in [2.45, 2.75) is 12.5 Å². The Morgan fingerprint density at radius 3 is 2.54 bits per heavy atom. The van der Waals surface area contributed by atoms with Crippen molar-refractivity contribution in [3.63, 3.8) is 0 Å². The molecule has 126 valence electrons. The number of halogens is 1. The first-order valence-corrected chi connectivity index (χ1v) is 9.48. The van der Waals surface area contributed by atoms with E-state index in [1.165, 1.54) is 12.4 Å². The number of hydrogen-bond donors (Lipinski definition) is 2. The largest absolute Gasteiger partial charge is 0.350 e. The molecule has 7 nitrogen and oxygen atoms in total. The molecular formula is C15H15ClN4O3S. The van der Waals surface area contributed by atoms with Crippen molar-refractivity contribution in [3.8, 4) is 0 Å². The van der Waals surface area contributed by atoms with Gasteiger partial charge in [0.2, 0.25) is 5.95 Å². The number of rotatable bonds is 4. The van der Waals surface area contributed by atoms with Crippen LogP contribution in [0.15, 0.2) is 36.7 Å². The number of nitrogens with zero attached hydrogens (tertiary/aromatic N) is 2. The van der Waals surface area contributed by atoms with Crippen molar-refractivity contribution in [2.24, 2.45) is 0 Å². The van der Waals surface area contributed by atoms with E-state index in [1.54, 1.807) is 24.3 Å². The van der Waals surface area contributed by atoms with Crippen LogP contribution in [0, 0.1) is 0 Å². The maximum Gasteiger partial charge on any atom is 0.258 e. The second-order valence-corrected chi connectivity index (χ2v) is 8.11. The molecular weight excluding hydrogens is 352 g/mol. The quantitative estimate of drug-likeness (QED) is 0.858. The van der Waals surface area contributed by atoms with Crippen LogP contribution in [0.3, 0.4) is 0 Å². The normalized spacial score (nSPS) is 19.0. The van der Waals surface area contributed by atoms with Crippen molar-refractivity contribution in [1.29, 1.82) is 0 Å². The third-order valence-electron chi connectivity index (χ3n) is 3.60. The van der Waals surface area contributed by atoms with Gasteiger partial charge in [-0.1, -0.05) is 23.7 Å². The molecule has 3 rings (SSSR count). The van der Waals surface area contributed by atoms with Gasteiger partial charge in [-0.05, 0) is 18.6 Å². The monoisotopic (exact) mass is 366 g/mol. The molecule has 0 radical (unpaired) electrons. The van der Waals surface area contributed by atoms with E-state index < -0.39 is 9.84 Å². The topological polar surface area (TPSA) is 101 Å². The van der Waals surface area contributed by atoms with Crippen molar-refractivity contribution in [1.82, 2.24) is 9.97 Å². The molecule has 0 aliphatic carbocycles. The average Bonchev–Trinajstić information content (AvgIpc) is 2.89. The lowest BCUT2D eigenvalue weighted by molar-refractivity contribution is 0.102. The van der Waals surface area contributed by atoms with Crippen LogP contribution in [0.2, 0.25) is 5.02 Å². The smallest absolute Gasteiger partial charge is 0.258 e. The summed E-state index contributed by atoms with van der Waals surface area (Å²) >= 11 is 5.99. The molecule has 1 unspecified atom stereocenters. The molecule has 0 bridgehead atoms. The first-order chi connectivity index (χ1) is 11.4. The predicted octanol–water partition coefficient (Wildman–Crippen LogP) is 1.98. The zero-order valence-corrected chi connectivity index (χ0v) is 14.1. The third-order valence-corrected chi connectivity index (χ3v) is 5.70. The Morgan fingerprint density at radius 1 is 1.21 bits per heavy atom. The summed E-state index contributed by atoms with van der Waals surface area (Å²) in [6.45, 7) is 0. The summed E-state index contributed by atoms with van der Waals surface area (Å²) in [5, 5.41) is 6.08. The summed E-state index contributed by atoms with van der Waals surface area (Å²) < 4.78 is 22.9. The number of carbonyl (C=O) groups is 1. The summed E-state index contributed by atoms with van der Waals surface area (Å²) in [5.74, 6) is 0.165. The number of para-hydroxylation sites is 1. The lowest BCUT2D eigenvalue weighted by Crippen LogP contribution is -2.22. The van der Waals surface area contributed by atoms with Gasteiger partial charge in [0.05, 0.1) is 27.8 Å². The van der Waals surface area contributed by atoms with Crippen molar-refractivity contribution >= 4 is 39.0 Å². The van der Waals surface area contributed by atoms with E-state index in [4.69, 9.17) is 11.6 Å². The van der Waals surface area contributed by atoms with Crippen LogP contribution in [0.1, 0.15) is 16.8 Å². The van der Waals surface area contributed by atoms with Crippen LogP contribution < -0.4 is 10.6 Å². The van der Waals surface area contributed by atoms with Gasteiger partial charge in [0.15, 0.2) is 9.84 Å². The van der Waals surface area contributed by atoms with Crippen molar-refractivity contribution < 1.29 is 13.2 Å². The predicted molar refractivity (Wildman–Crippen MR) is 92.1 cm³/mol. The lowest BCUT2D eigenvalue weighted by atomic mass is 10.2. The fourth-order valence-electron chi connectivity index (χ4n) is 2.37. The van der Waals surface area contributed by atoms with Crippen LogP contribution >= 0.6 is 11.6 Å². The average molecular weight is 367 g/mol. The Labute approximate surface area is 144 Å². The van der Waals surface area contributed by atoms with Gasteiger partial charge in [0, 0.05) is 18.4 Å². The summed E-state index contributed by atoms with van der Waals surface area (Å²) in [5.41, 5.74) is 0.780. The number of anilines is 2. The fraction of sp³-hybridized carbons (Fsp3) is 0.267. The van der Waals surface area contributed by atoms with Gasteiger partial charge in [0.1, 0.15) is 0 Å². The van der Waals surface area contributed by atoms with Crippen LogP contribution in [-0.4, -0.2) is 41.8 Å². The second-order valence-electron chi connectivity index (χ2n) is 5.47. The minimum absolute atomic E-state index is 0.0745. The summed E-state index contributed by atoms with van der Waals surface area (Å²) in [4.78, 5) is 20.3. The molecule has 1 aromatic heterocycles. The van der Waals surface area contributed by atoms with Gasteiger partial charge >= 0.3 is 0 Å². The van der Waals surface area contributed by atoms with Gasteiger partial charge < -0.3 is 10.6 Å². The number of amides is 1. The Kier molecular flexibility index (Phi) is 4.68. The third kappa shape index (κ3) is 4.01. The molecule has 1 aliphatic rings. The molecule has 9 heteroatoms. The minimum atomic E-state index is -2.97. The molecule has 24 heavy (non-hydrogen) atoms. The molecule has 0 spiro atoms. The van der Waals surface area contributed by atoms with E-state index in [2.05, 4.69) is 20.6 Å². The Bertz CT molecular complexity index is 855. The Morgan fingerprint density at radius 2 is 1.92 bits per heavy atom. The molecule has 2 heterocycles. The molecule has 1 fully saturated rings. The molecule has 1 saturated heterocycles. The number of hydrogen-bond acceptors (Lipinski definition) is 6. The van der Waals surface area contributed by atoms with Crippen molar-refractivity contribution in [3.05, 3.63) is 47.2 Å². The maximum atomic E-state index is 12.2. The molecule has 2 aromatic rings. The first kappa shape index (κ1) is 16.7. The molecule has 2 N–H and O–H groups in total. The van der Waals surface area contributed by atoms with Crippen LogP contribution in [0.25, 0.3) is 0 Å². The second kappa shape index (κ2) is 6.74. The number of benzene rings is 1. The zero-order chi connectivity index (χ0) is 17.2. The van der Waals surface area contributed by atoms with E-state index in [1.807, 2.05) is 0 Å². The standard InChI is InChI=1S/C15H15ClN4O3S/c16-12-3-1-2-4-13(12)20-14(21)10-7-17-15(18-8-10)19-11-5-6-24(22,23)9-11/h1-4,7-8,11H,5-6,9H2,(H,20,21)(H,17,18,19). The summed E-state index contributed by atoms with van der Waals surface area (Å²) in [7, 11) is -2.97. The van der Waals surface area contributed by atoms with Crippen LogP contribution in [0.5, 0.6) is 0 Å². The SMILES string of the molecule is O=C(Nc1ccccc1Cl)c1cnc(NC2CCS(=O)(=O)C2)nc1. The molecule has 1 aromatic carbocycles. The van der Waals surface area contributed by atoms with Crippen molar-refractivity contribution in [2.75, 3.05) is 22.1 Å². The Balaban J connectivity index is 1.64. The van der Waals surface area contributed by atoms with Crippen LogP contribution in [-0.2, 0) is 9.84 Å². The first-order valence-electron chi connectivity index (χ1n) is 7.28. The fourth-order valence-corrected chi connectivity index (χ4v) is 4.22. The number of sulfone groups is 1. The lowest BCUT2D eigenvalue weighted by Gasteiger charge is -2.11. The van der Waals surface area contributed by atoms with Gasteiger partial charge in [-0.15, -0.1) is 0 Å². The van der Waals surface area contributed by atoms with Gasteiger partial charge in [0.25, 0.3) is 5.91 Å². The highest BCUT2D eigenvalue weighted by atomic mass is 35.5. The number of aromatic nitrogens is 2. The number of nitrogens with one attached hydrogen (secondary N) is 2. The van der Waals surface area contributed by atoms with E-state index in [0.717, 1.165) is 0 Å². The minimum Gasteiger partial charge on any atom is -0.350 e. The molecule has 1 atom stereocenters. The summed E-state index contributed by atoms with van der Waals surface area (Å²) in [6.07, 6.45) is 3.29. The van der Waals surface area contributed by atoms with E-state index >= 15 is 0 Å². The molecule has 1 amide bonds. The van der Waals surface area contributed by atoms with Crippen LogP contribution in [0.4, 0.5) is 11.6 Å². The Hall–Kier alpha value is -2.19. The van der Waals surface area contributed by atoms with Gasteiger partial charge in [-0.2, -0.15) is 0 Å². The highest BCUT2D eigenvalue weighted by molar-refractivity contribution is 7.91. The van der Waals surface area contributed by atoms with E-state index in [0.29, 0.717) is 23.1 Å². The maximum absolute atomic E-state index is 12.2. The van der Waals surface area contributed by atoms with E-state index in [9.17, 15) is 13.2 Å². The number of carbonyl (C=O) groups excluding carboxylic acids is 1. The molecule has 0 saturated carbocycles. The van der Waals surface area contributed by atoms with Gasteiger partial charge in [-0.25, -0.2) is 18.4 Å². The zero-order valence-electron chi connectivity index (χ0n) is 12.6. The highest BCUT2D eigenvalue weighted by Crippen LogP contribution is 2.21.